The summed E-state index contributed by atoms with van der Waals surface area (Å²) in [7, 11) is 0. The largest absolute Gasteiger partial charge is 0.294 e. The first-order chi connectivity index (χ1) is 9.66. The minimum Gasteiger partial charge on any atom is -0.294 e. The molecule has 1 heterocycles. The van der Waals surface area contributed by atoms with Crippen molar-refractivity contribution in [2.24, 2.45) is 0 Å². The summed E-state index contributed by atoms with van der Waals surface area (Å²) >= 11 is 0. The highest BCUT2D eigenvalue weighted by atomic mass is 19.1. The predicted molar refractivity (Wildman–Crippen MR) is 77.1 cm³/mol. The van der Waals surface area contributed by atoms with Crippen molar-refractivity contribution < 1.29 is 9.18 Å². The van der Waals surface area contributed by atoms with Crippen LogP contribution in [0, 0.1) is 5.82 Å². The fourth-order valence-corrected chi connectivity index (χ4v) is 2.40. The zero-order valence-corrected chi connectivity index (χ0v) is 10.9. The van der Waals surface area contributed by atoms with Gasteiger partial charge in [-0.25, -0.2) is 4.39 Å². The van der Waals surface area contributed by atoms with E-state index < -0.39 is 0 Å². The van der Waals surface area contributed by atoms with Gasteiger partial charge in [0, 0.05) is 23.3 Å². The molecule has 0 radical (unpaired) electrons. The van der Waals surface area contributed by atoms with Crippen LogP contribution < -0.4 is 0 Å². The summed E-state index contributed by atoms with van der Waals surface area (Å²) in [6, 6.07) is 11.8. The molecule has 0 atom stereocenters. The van der Waals surface area contributed by atoms with Crippen LogP contribution in [0.4, 0.5) is 4.39 Å². The smallest absolute Gasteiger partial charge is 0.160 e. The molecule has 0 aliphatic rings. The second-order valence-corrected chi connectivity index (χ2v) is 4.65. The van der Waals surface area contributed by atoms with E-state index in [1.165, 1.54) is 25.1 Å². The second kappa shape index (κ2) is 4.85. The molecular formula is C17H12FNO. The van der Waals surface area contributed by atoms with Gasteiger partial charge < -0.3 is 0 Å². The lowest BCUT2D eigenvalue weighted by atomic mass is 9.94. The number of nitrogens with zero attached hydrogens (tertiary/aromatic N) is 1. The van der Waals surface area contributed by atoms with Crippen LogP contribution in [0.5, 0.6) is 0 Å². The number of aromatic nitrogens is 1. The molecule has 0 fully saturated rings. The molecule has 2 aromatic carbocycles. The topological polar surface area (TPSA) is 30.0 Å². The lowest BCUT2D eigenvalue weighted by Crippen LogP contribution is -1.97. The number of halogens is 1. The van der Waals surface area contributed by atoms with Crippen molar-refractivity contribution in [3.63, 3.8) is 0 Å². The van der Waals surface area contributed by atoms with Gasteiger partial charge in [0.1, 0.15) is 5.82 Å². The molecular weight excluding hydrogens is 253 g/mol. The van der Waals surface area contributed by atoms with Crippen LogP contribution in [-0.2, 0) is 0 Å². The summed E-state index contributed by atoms with van der Waals surface area (Å²) in [5.41, 5.74) is 1.99. The molecule has 0 N–H and O–H groups in total. The number of benzene rings is 2. The van der Waals surface area contributed by atoms with Crippen LogP contribution in [0.2, 0.25) is 0 Å². The van der Waals surface area contributed by atoms with Crippen molar-refractivity contribution in [2.75, 3.05) is 0 Å². The maximum absolute atomic E-state index is 13.6. The Morgan fingerprint density at radius 1 is 1.10 bits per heavy atom. The Balaban J connectivity index is 2.36. The molecule has 98 valence electrons. The van der Waals surface area contributed by atoms with Gasteiger partial charge >= 0.3 is 0 Å². The van der Waals surface area contributed by atoms with Crippen molar-refractivity contribution in [1.82, 2.24) is 4.98 Å². The number of rotatable bonds is 2. The number of fused-ring (bicyclic) bond motifs is 1. The Bertz CT molecular complexity index is 806. The molecule has 0 saturated carbocycles. The molecule has 0 bridgehead atoms. The molecule has 2 nitrogen and oxygen atoms in total. The van der Waals surface area contributed by atoms with Gasteiger partial charge in [-0.3, -0.25) is 9.78 Å². The van der Waals surface area contributed by atoms with E-state index in [1.54, 1.807) is 12.4 Å². The minimum atomic E-state index is -0.351. The van der Waals surface area contributed by atoms with Gasteiger partial charge in [-0.15, -0.1) is 0 Å². The van der Waals surface area contributed by atoms with Crippen molar-refractivity contribution in [3.8, 4) is 11.1 Å². The highest BCUT2D eigenvalue weighted by Crippen LogP contribution is 2.31. The molecule has 0 spiro atoms. The van der Waals surface area contributed by atoms with Gasteiger partial charge in [0.25, 0.3) is 0 Å². The summed E-state index contributed by atoms with van der Waals surface area (Å²) in [4.78, 5) is 15.8. The third kappa shape index (κ3) is 2.07. The van der Waals surface area contributed by atoms with Crippen LogP contribution in [-0.4, -0.2) is 10.8 Å². The van der Waals surface area contributed by atoms with Gasteiger partial charge in [-0.1, -0.05) is 18.2 Å². The average Bonchev–Trinajstić information content (AvgIpc) is 2.46. The quantitative estimate of drug-likeness (QED) is 0.648. The lowest BCUT2D eigenvalue weighted by molar-refractivity contribution is 0.101. The number of carbonyl (C=O) groups is 1. The third-order valence-electron chi connectivity index (χ3n) is 3.33. The standard InChI is InChI=1S/C17H12FNO/c1-11(20)14-6-5-13(18)9-17(14)16-4-2-3-12-10-19-8-7-15(12)16/h2-10H,1H3. The zero-order chi connectivity index (χ0) is 14.1. The number of ketones is 1. The Hall–Kier alpha value is -2.55. The van der Waals surface area contributed by atoms with Crippen molar-refractivity contribution in [1.29, 1.82) is 0 Å². The molecule has 0 aliphatic carbocycles. The Labute approximate surface area is 115 Å². The van der Waals surface area contributed by atoms with E-state index >= 15 is 0 Å². The highest BCUT2D eigenvalue weighted by Gasteiger charge is 2.12. The highest BCUT2D eigenvalue weighted by molar-refractivity contribution is 6.05. The maximum atomic E-state index is 13.6. The van der Waals surface area contributed by atoms with Crippen LogP contribution >= 0.6 is 0 Å². The summed E-state index contributed by atoms with van der Waals surface area (Å²) in [5, 5.41) is 1.92. The molecule has 0 aliphatic heterocycles. The second-order valence-electron chi connectivity index (χ2n) is 4.65. The molecule has 3 aromatic rings. The van der Waals surface area contributed by atoms with Gasteiger partial charge in [0.2, 0.25) is 0 Å². The Kier molecular flexibility index (Phi) is 3.03. The summed E-state index contributed by atoms with van der Waals surface area (Å²) < 4.78 is 13.6. The van der Waals surface area contributed by atoms with Crippen LogP contribution in [0.25, 0.3) is 21.9 Å². The third-order valence-corrected chi connectivity index (χ3v) is 3.33. The fraction of sp³-hybridized carbons (Fsp3) is 0.0588. The van der Waals surface area contributed by atoms with Crippen molar-refractivity contribution in [2.45, 2.75) is 6.92 Å². The van der Waals surface area contributed by atoms with E-state index in [1.807, 2.05) is 24.3 Å². The fourth-order valence-electron chi connectivity index (χ4n) is 2.40. The molecule has 0 amide bonds. The van der Waals surface area contributed by atoms with E-state index in [4.69, 9.17) is 0 Å². The number of Topliss-reactive ketones (excluding diaryl/α,β-unsaturated/α-hetero) is 1. The van der Waals surface area contributed by atoms with E-state index in [2.05, 4.69) is 4.98 Å². The van der Waals surface area contributed by atoms with Crippen molar-refractivity contribution in [3.05, 3.63) is 66.2 Å². The molecule has 0 saturated heterocycles. The number of carbonyl (C=O) groups excluding carboxylic acids is 1. The van der Waals surface area contributed by atoms with E-state index in [-0.39, 0.29) is 11.6 Å². The first-order valence-corrected chi connectivity index (χ1v) is 6.30. The van der Waals surface area contributed by atoms with E-state index in [9.17, 15) is 9.18 Å². The molecule has 3 heteroatoms. The zero-order valence-electron chi connectivity index (χ0n) is 10.9. The minimum absolute atomic E-state index is 0.0777. The summed E-state index contributed by atoms with van der Waals surface area (Å²) in [5.74, 6) is -0.429. The van der Waals surface area contributed by atoms with Crippen LogP contribution in [0.3, 0.4) is 0 Å². The Morgan fingerprint density at radius 3 is 2.75 bits per heavy atom. The maximum Gasteiger partial charge on any atom is 0.160 e. The van der Waals surface area contributed by atoms with Crippen molar-refractivity contribution >= 4 is 16.6 Å². The molecule has 0 unspecified atom stereocenters. The van der Waals surface area contributed by atoms with Gasteiger partial charge in [-0.2, -0.15) is 0 Å². The van der Waals surface area contributed by atoms with Gasteiger partial charge in [-0.05, 0) is 47.7 Å². The lowest BCUT2D eigenvalue weighted by Gasteiger charge is -2.10. The van der Waals surface area contributed by atoms with Crippen LogP contribution in [0.1, 0.15) is 17.3 Å². The predicted octanol–water partition coefficient (Wildman–Crippen LogP) is 4.24. The molecule has 3 rings (SSSR count). The first kappa shape index (κ1) is 12.5. The Morgan fingerprint density at radius 2 is 1.95 bits per heavy atom. The van der Waals surface area contributed by atoms with E-state index in [0.717, 1.165) is 16.3 Å². The first-order valence-electron chi connectivity index (χ1n) is 6.30. The summed E-state index contributed by atoms with van der Waals surface area (Å²) in [6.45, 7) is 1.49. The SMILES string of the molecule is CC(=O)c1ccc(F)cc1-c1cccc2cnccc12. The van der Waals surface area contributed by atoms with Gasteiger partial charge in [0.15, 0.2) is 5.78 Å². The van der Waals surface area contributed by atoms with E-state index in [0.29, 0.717) is 11.1 Å². The average molecular weight is 265 g/mol. The number of hydrogen-bond donors (Lipinski definition) is 0. The van der Waals surface area contributed by atoms with Gasteiger partial charge in [0.05, 0.1) is 0 Å². The molecule has 1 aromatic heterocycles. The normalized spacial score (nSPS) is 10.7. The summed E-state index contributed by atoms with van der Waals surface area (Å²) in [6.07, 6.45) is 3.45. The number of hydrogen-bond acceptors (Lipinski definition) is 2. The van der Waals surface area contributed by atoms with Crippen LogP contribution in [0.15, 0.2) is 54.9 Å². The monoisotopic (exact) mass is 265 g/mol. The molecule has 20 heavy (non-hydrogen) atoms. The number of pyridine rings is 1.